The van der Waals surface area contributed by atoms with Gasteiger partial charge in [-0.1, -0.05) is 306 Å². The third-order valence-electron chi connectivity index (χ3n) is 15.3. The second-order valence-corrected chi connectivity index (χ2v) is 22.8. The second kappa shape index (κ2) is 64.3. The Morgan fingerprint density at radius 2 is 0.680 bits per heavy atom. The van der Waals surface area contributed by atoms with E-state index in [4.69, 9.17) is 4.74 Å². The molecule has 6 nitrogen and oxygen atoms in total. The summed E-state index contributed by atoms with van der Waals surface area (Å²) in [5.74, 6) is -0.0594. The van der Waals surface area contributed by atoms with Gasteiger partial charge in [0.25, 0.3) is 0 Å². The number of hydrogen-bond donors (Lipinski definition) is 3. The maximum absolute atomic E-state index is 12.4. The van der Waals surface area contributed by atoms with Crippen molar-refractivity contribution in [2.24, 2.45) is 0 Å². The van der Waals surface area contributed by atoms with Crippen LogP contribution in [-0.2, 0) is 14.3 Å². The molecule has 0 rings (SSSR count). The number of aliphatic hydroxyl groups excluding tert-OH is 2. The Morgan fingerprint density at radius 1 is 0.373 bits per heavy atom. The van der Waals surface area contributed by atoms with Crippen LogP contribution in [0.15, 0.2) is 48.6 Å². The van der Waals surface area contributed by atoms with E-state index in [1.165, 1.54) is 276 Å². The first-order valence-corrected chi connectivity index (χ1v) is 33.4. The molecular weight excluding hydrogens is 923 g/mol. The summed E-state index contributed by atoms with van der Waals surface area (Å²) >= 11 is 0. The number of carbonyl (C=O) groups excluding carboxylic acids is 2. The molecule has 0 fully saturated rings. The summed E-state index contributed by atoms with van der Waals surface area (Å²) in [6.07, 6.45) is 83.4. The van der Waals surface area contributed by atoms with Crippen molar-refractivity contribution in [2.75, 3.05) is 13.2 Å². The molecule has 6 heteroatoms. The van der Waals surface area contributed by atoms with Crippen molar-refractivity contribution in [1.82, 2.24) is 5.32 Å². The fourth-order valence-electron chi connectivity index (χ4n) is 10.2. The first kappa shape index (κ1) is 72.8. The SMILES string of the molecule is CCCC/C=C\CCCCCCCC(=O)OCCCCCCCCCCCCCCC/C=C\C/C=C\CCCCCCCCCCCCCCCCCCCC(=O)NC(CO)C(O)/C=C/CCCCCCCCCC. The van der Waals surface area contributed by atoms with Gasteiger partial charge in [0.15, 0.2) is 0 Å². The lowest BCUT2D eigenvalue weighted by Crippen LogP contribution is -2.45. The van der Waals surface area contributed by atoms with Crippen molar-refractivity contribution in [3.8, 4) is 0 Å². The van der Waals surface area contributed by atoms with Crippen LogP contribution < -0.4 is 5.32 Å². The zero-order chi connectivity index (χ0) is 54.3. The lowest BCUT2D eigenvalue weighted by Gasteiger charge is -2.20. The van der Waals surface area contributed by atoms with Crippen LogP contribution >= 0.6 is 0 Å². The summed E-state index contributed by atoms with van der Waals surface area (Å²) in [7, 11) is 0. The fraction of sp³-hybridized carbons (Fsp3) is 0.855. The van der Waals surface area contributed by atoms with Gasteiger partial charge in [-0.3, -0.25) is 9.59 Å². The average Bonchev–Trinajstić information content (AvgIpc) is 3.41. The molecule has 0 saturated carbocycles. The Morgan fingerprint density at radius 3 is 1.07 bits per heavy atom. The molecule has 2 atom stereocenters. The Kier molecular flexibility index (Phi) is 62.5. The molecule has 0 spiro atoms. The van der Waals surface area contributed by atoms with E-state index in [1.54, 1.807) is 6.08 Å². The maximum Gasteiger partial charge on any atom is 0.305 e. The van der Waals surface area contributed by atoms with Crippen molar-refractivity contribution in [3.63, 3.8) is 0 Å². The Bertz CT molecular complexity index is 1260. The van der Waals surface area contributed by atoms with Gasteiger partial charge in [-0.05, 0) is 83.5 Å². The van der Waals surface area contributed by atoms with E-state index < -0.39 is 12.1 Å². The summed E-state index contributed by atoms with van der Waals surface area (Å²) in [4.78, 5) is 24.4. The van der Waals surface area contributed by atoms with Gasteiger partial charge in [0.1, 0.15) is 0 Å². The van der Waals surface area contributed by atoms with Crippen molar-refractivity contribution in [3.05, 3.63) is 48.6 Å². The Balaban J connectivity index is 3.36. The number of carbonyl (C=O) groups is 2. The van der Waals surface area contributed by atoms with Gasteiger partial charge in [0.2, 0.25) is 5.91 Å². The van der Waals surface area contributed by atoms with E-state index in [0.717, 1.165) is 51.4 Å². The lowest BCUT2D eigenvalue weighted by atomic mass is 10.0. The number of hydrogen-bond acceptors (Lipinski definition) is 5. The van der Waals surface area contributed by atoms with Gasteiger partial charge in [-0.2, -0.15) is 0 Å². The fourth-order valence-corrected chi connectivity index (χ4v) is 10.2. The molecule has 1 amide bonds. The highest BCUT2D eigenvalue weighted by Gasteiger charge is 2.18. The third kappa shape index (κ3) is 60.9. The molecule has 75 heavy (non-hydrogen) atoms. The highest BCUT2D eigenvalue weighted by Crippen LogP contribution is 2.17. The predicted octanol–water partition coefficient (Wildman–Crippen LogP) is 21.3. The van der Waals surface area contributed by atoms with E-state index in [-0.39, 0.29) is 18.5 Å². The summed E-state index contributed by atoms with van der Waals surface area (Å²) in [5.41, 5.74) is 0. The molecule has 0 bridgehead atoms. The highest BCUT2D eigenvalue weighted by atomic mass is 16.5. The monoisotopic (exact) mass is 1050 g/mol. The van der Waals surface area contributed by atoms with Gasteiger partial charge in [-0.15, -0.1) is 0 Å². The molecule has 0 aromatic rings. The number of rotatable bonds is 62. The highest BCUT2D eigenvalue weighted by molar-refractivity contribution is 5.76. The van der Waals surface area contributed by atoms with Crippen molar-refractivity contribution < 1.29 is 24.5 Å². The van der Waals surface area contributed by atoms with Gasteiger partial charge in [-0.25, -0.2) is 0 Å². The minimum atomic E-state index is -0.841. The minimum Gasteiger partial charge on any atom is -0.466 e. The van der Waals surface area contributed by atoms with Crippen LogP contribution in [0.3, 0.4) is 0 Å². The molecule has 2 unspecified atom stereocenters. The van der Waals surface area contributed by atoms with Crippen LogP contribution in [-0.4, -0.2) is 47.4 Å². The lowest BCUT2D eigenvalue weighted by molar-refractivity contribution is -0.143. The van der Waals surface area contributed by atoms with Crippen molar-refractivity contribution >= 4 is 11.9 Å². The van der Waals surface area contributed by atoms with E-state index >= 15 is 0 Å². The quantitative estimate of drug-likeness (QED) is 0.0320. The molecule has 440 valence electrons. The number of unbranched alkanes of at least 4 members (excludes halogenated alkanes) is 45. The molecule has 3 N–H and O–H groups in total. The number of amides is 1. The molecule has 0 radical (unpaired) electrons. The molecule has 0 saturated heterocycles. The van der Waals surface area contributed by atoms with Gasteiger partial charge in [0, 0.05) is 12.8 Å². The zero-order valence-corrected chi connectivity index (χ0v) is 50.3. The van der Waals surface area contributed by atoms with Crippen LogP contribution in [0.2, 0.25) is 0 Å². The number of ether oxygens (including phenoxy) is 1. The summed E-state index contributed by atoms with van der Waals surface area (Å²) in [6.45, 7) is 4.86. The molecule has 0 aromatic carbocycles. The standard InChI is InChI=1S/C69H129NO5/c1-3-5-7-9-11-13-42-47-51-55-59-63-69(74)75-64-60-56-52-48-44-41-39-37-35-33-31-29-27-25-23-21-19-17-15-16-18-20-22-24-26-28-30-32-34-36-38-40-43-46-50-54-58-62-68(73)70-66(65-71)67(72)61-57-53-49-45-14-12-10-8-6-4-2/h9,11,15,17,21,23,57,61,66-67,71-72H,3-8,10,12-14,16,18-20,22,24-56,58-60,62-65H2,1-2H3,(H,70,73)/b11-9-,17-15-,23-21-,61-57+. The average molecular weight is 1050 g/mol. The van der Waals surface area contributed by atoms with Crippen LogP contribution in [0.5, 0.6) is 0 Å². The number of nitrogens with one attached hydrogen (secondary N) is 1. The first-order chi connectivity index (χ1) is 37.0. The Labute approximate surface area is 467 Å². The van der Waals surface area contributed by atoms with E-state index in [9.17, 15) is 19.8 Å². The molecule has 0 aliphatic carbocycles. The molecule has 0 aliphatic rings. The molecule has 0 aliphatic heterocycles. The minimum absolute atomic E-state index is 0.00712. The van der Waals surface area contributed by atoms with E-state index in [0.29, 0.717) is 19.4 Å². The van der Waals surface area contributed by atoms with Crippen molar-refractivity contribution in [2.45, 2.75) is 366 Å². The van der Waals surface area contributed by atoms with Crippen LogP contribution in [0.4, 0.5) is 0 Å². The number of allylic oxidation sites excluding steroid dienone is 7. The molecule has 0 heterocycles. The second-order valence-electron chi connectivity index (χ2n) is 22.8. The summed E-state index contributed by atoms with van der Waals surface area (Å²) in [5, 5.41) is 23.0. The Hall–Kier alpha value is -2.18. The third-order valence-corrected chi connectivity index (χ3v) is 15.3. The summed E-state index contributed by atoms with van der Waals surface area (Å²) in [6, 6.07) is -0.624. The first-order valence-electron chi connectivity index (χ1n) is 33.4. The molecule has 0 aromatic heterocycles. The summed E-state index contributed by atoms with van der Waals surface area (Å²) < 4.78 is 5.46. The van der Waals surface area contributed by atoms with Crippen LogP contribution in [0.25, 0.3) is 0 Å². The van der Waals surface area contributed by atoms with Crippen LogP contribution in [0.1, 0.15) is 354 Å². The zero-order valence-electron chi connectivity index (χ0n) is 50.3. The van der Waals surface area contributed by atoms with E-state index in [2.05, 4.69) is 55.6 Å². The topological polar surface area (TPSA) is 95.9 Å². The maximum atomic E-state index is 12.4. The van der Waals surface area contributed by atoms with Gasteiger partial charge >= 0.3 is 5.97 Å². The van der Waals surface area contributed by atoms with Gasteiger partial charge < -0.3 is 20.3 Å². The van der Waals surface area contributed by atoms with E-state index in [1.807, 2.05) is 6.08 Å². The number of aliphatic hydroxyl groups is 2. The normalized spacial score (nSPS) is 12.9. The smallest absolute Gasteiger partial charge is 0.305 e. The number of esters is 1. The largest absolute Gasteiger partial charge is 0.466 e. The van der Waals surface area contributed by atoms with Crippen molar-refractivity contribution in [1.29, 1.82) is 0 Å². The van der Waals surface area contributed by atoms with Crippen LogP contribution in [0, 0.1) is 0 Å². The van der Waals surface area contributed by atoms with Gasteiger partial charge in [0.05, 0.1) is 25.4 Å². The predicted molar refractivity (Wildman–Crippen MR) is 329 cm³/mol. The molecular formula is C69H129NO5.